The van der Waals surface area contributed by atoms with Crippen LogP contribution in [0.15, 0.2) is 66.9 Å². The van der Waals surface area contributed by atoms with E-state index in [-0.39, 0.29) is 11.8 Å². The van der Waals surface area contributed by atoms with Gasteiger partial charge in [-0.2, -0.15) is 0 Å². The van der Waals surface area contributed by atoms with Crippen molar-refractivity contribution in [3.05, 3.63) is 100 Å². The lowest BCUT2D eigenvalue weighted by Gasteiger charge is -2.47. The van der Waals surface area contributed by atoms with Crippen molar-refractivity contribution < 1.29 is 9.59 Å². The number of rotatable bonds is 11. The number of carbonyl (C=O) groups is 2. The maximum Gasteiger partial charge on any atom is 0.312 e. The maximum atomic E-state index is 13.0. The van der Waals surface area contributed by atoms with Crippen LogP contribution >= 0.6 is 0 Å². The van der Waals surface area contributed by atoms with E-state index < -0.39 is 17.5 Å². The van der Waals surface area contributed by atoms with Gasteiger partial charge in [0, 0.05) is 23.4 Å². The largest absolute Gasteiger partial charge is 0.366 e. The number of hydrogen-bond acceptors (Lipinski definition) is 3. The highest BCUT2D eigenvalue weighted by Crippen LogP contribution is 2.50. The number of aryl methyl sites for hydroxylation is 1. The molecule has 1 heterocycles. The summed E-state index contributed by atoms with van der Waals surface area (Å²) in [6, 6.07) is 19.7. The van der Waals surface area contributed by atoms with Crippen molar-refractivity contribution in [1.29, 1.82) is 0 Å². The van der Waals surface area contributed by atoms with E-state index in [9.17, 15) is 9.59 Å². The quantitative estimate of drug-likeness (QED) is 0.231. The lowest BCUT2D eigenvalue weighted by atomic mass is 9.62. The van der Waals surface area contributed by atoms with Gasteiger partial charge in [0.2, 0.25) is 5.91 Å². The summed E-state index contributed by atoms with van der Waals surface area (Å²) in [5, 5.41) is 3.36. The molecule has 0 aliphatic heterocycles. The Bertz CT molecular complexity index is 1330. The maximum absolute atomic E-state index is 13.0. The number of nitrogens with one attached hydrogen (secondary N) is 1. The van der Waals surface area contributed by atoms with Crippen LogP contribution in [-0.2, 0) is 12.0 Å². The van der Waals surface area contributed by atoms with Crippen LogP contribution in [0, 0.1) is 5.92 Å². The third kappa shape index (κ3) is 6.98. The van der Waals surface area contributed by atoms with Gasteiger partial charge >= 0.3 is 6.03 Å². The summed E-state index contributed by atoms with van der Waals surface area (Å²) >= 11 is 0. The highest BCUT2D eigenvalue weighted by molar-refractivity contribution is 5.92. The molecule has 1 saturated carbocycles. The molecule has 5 N–H and O–H groups in total. The Morgan fingerprint density at radius 1 is 0.927 bits per heavy atom. The molecule has 0 bridgehead atoms. The van der Waals surface area contributed by atoms with Crippen LogP contribution in [-0.4, -0.2) is 16.9 Å². The van der Waals surface area contributed by atoms with E-state index in [1.54, 1.807) is 6.07 Å². The minimum atomic E-state index is -0.819. The standard InChI is InChI=1S/C35H46N4O2/c1-23(2)27-16-17-30(29(22-27)24(3)4)35(39-34(37)41,19-18-25-11-10-14-28(21-25)33(36)40)32(26-12-6-5-7-13-26)31-15-8-9-20-38-31/h8-11,14-17,20-24,26,32H,5-7,12-13,18-19H2,1-4H3,(H2,36,40)(H3,37,39,41). The molecule has 0 radical (unpaired) electrons. The van der Waals surface area contributed by atoms with Gasteiger partial charge in [-0.1, -0.05) is 83.4 Å². The Morgan fingerprint density at radius 3 is 2.29 bits per heavy atom. The van der Waals surface area contributed by atoms with Crippen molar-refractivity contribution in [3.8, 4) is 0 Å². The molecule has 218 valence electrons. The second-order valence-corrected chi connectivity index (χ2v) is 12.3. The van der Waals surface area contributed by atoms with Crippen molar-refractivity contribution in [2.75, 3.05) is 0 Å². The SMILES string of the molecule is CC(C)c1ccc(C(CCc2cccc(C(N)=O)c2)(NC(N)=O)C(c2ccccn2)C2CCCCC2)c(C(C)C)c1. The van der Waals surface area contributed by atoms with Gasteiger partial charge < -0.3 is 16.8 Å². The zero-order chi connectivity index (χ0) is 29.6. The van der Waals surface area contributed by atoms with E-state index in [2.05, 4.69) is 57.3 Å². The smallest absolute Gasteiger partial charge is 0.312 e. The van der Waals surface area contributed by atoms with Gasteiger partial charge in [-0.05, 0) is 90.0 Å². The fourth-order valence-electron chi connectivity index (χ4n) is 6.85. The minimum Gasteiger partial charge on any atom is -0.366 e. The number of benzene rings is 2. The number of nitrogens with two attached hydrogens (primary N) is 2. The molecule has 1 fully saturated rings. The molecule has 0 saturated heterocycles. The predicted octanol–water partition coefficient (Wildman–Crippen LogP) is 7.29. The Balaban J connectivity index is 1.98. The summed E-state index contributed by atoms with van der Waals surface area (Å²) in [4.78, 5) is 29.9. The molecule has 4 rings (SSSR count). The van der Waals surface area contributed by atoms with E-state index in [0.29, 0.717) is 30.2 Å². The van der Waals surface area contributed by atoms with E-state index in [0.717, 1.165) is 42.5 Å². The Kier molecular flexibility index (Phi) is 9.85. The van der Waals surface area contributed by atoms with E-state index in [1.807, 2.05) is 36.5 Å². The molecule has 0 spiro atoms. The van der Waals surface area contributed by atoms with Crippen molar-refractivity contribution in [1.82, 2.24) is 10.3 Å². The summed E-state index contributed by atoms with van der Waals surface area (Å²) in [6.07, 6.45) is 8.75. The van der Waals surface area contributed by atoms with Crippen LogP contribution < -0.4 is 16.8 Å². The van der Waals surface area contributed by atoms with Crippen LogP contribution in [0.25, 0.3) is 0 Å². The van der Waals surface area contributed by atoms with Gasteiger partial charge in [-0.3, -0.25) is 9.78 Å². The fraction of sp³-hybridized carbons (Fsp3) is 0.457. The summed E-state index contributed by atoms with van der Waals surface area (Å²) in [5.74, 6) is 0.395. The van der Waals surface area contributed by atoms with E-state index in [4.69, 9.17) is 16.5 Å². The van der Waals surface area contributed by atoms with Gasteiger partial charge in [-0.25, -0.2) is 4.79 Å². The van der Waals surface area contributed by atoms with E-state index in [1.165, 1.54) is 17.5 Å². The molecule has 1 aliphatic carbocycles. The van der Waals surface area contributed by atoms with Crippen LogP contribution in [0.2, 0.25) is 0 Å². The molecule has 2 unspecified atom stereocenters. The molecule has 1 aromatic heterocycles. The summed E-state index contributed by atoms with van der Waals surface area (Å²) < 4.78 is 0. The first-order valence-electron chi connectivity index (χ1n) is 15.1. The molecular formula is C35H46N4O2. The molecule has 6 heteroatoms. The molecule has 2 atom stereocenters. The molecule has 1 aliphatic rings. The monoisotopic (exact) mass is 554 g/mol. The lowest BCUT2D eigenvalue weighted by molar-refractivity contribution is 0.1000. The van der Waals surface area contributed by atoms with Crippen molar-refractivity contribution in [2.45, 2.75) is 95.9 Å². The average molecular weight is 555 g/mol. The number of hydrogen-bond donors (Lipinski definition) is 3. The lowest BCUT2D eigenvalue weighted by Crippen LogP contribution is -2.55. The zero-order valence-corrected chi connectivity index (χ0v) is 25.0. The zero-order valence-electron chi connectivity index (χ0n) is 25.0. The second kappa shape index (κ2) is 13.3. The molecule has 2 aromatic carbocycles. The number of primary amides is 2. The van der Waals surface area contributed by atoms with Gasteiger partial charge in [0.25, 0.3) is 0 Å². The third-order valence-corrected chi connectivity index (χ3v) is 8.87. The number of pyridine rings is 1. The first kappa shape index (κ1) is 30.3. The number of aromatic nitrogens is 1. The first-order valence-corrected chi connectivity index (χ1v) is 15.1. The molecule has 3 amide bonds. The normalized spacial score (nSPS) is 16.3. The summed E-state index contributed by atoms with van der Waals surface area (Å²) in [6.45, 7) is 8.84. The molecule has 3 aromatic rings. The molecular weight excluding hydrogens is 508 g/mol. The van der Waals surface area contributed by atoms with Crippen LogP contribution in [0.4, 0.5) is 4.79 Å². The van der Waals surface area contributed by atoms with Gasteiger partial charge in [0.1, 0.15) is 0 Å². The third-order valence-electron chi connectivity index (χ3n) is 8.87. The van der Waals surface area contributed by atoms with Crippen molar-refractivity contribution in [2.24, 2.45) is 17.4 Å². The predicted molar refractivity (Wildman–Crippen MR) is 166 cm³/mol. The average Bonchev–Trinajstić information content (AvgIpc) is 2.96. The Morgan fingerprint density at radius 2 is 1.68 bits per heavy atom. The number of nitrogens with zero attached hydrogens (tertiary/aromatic N) is 1. The molecule has 6 nitrogen and oxygen atoms in total. The van der Waals surface area contributed by atoms with Crippen LogP contribution in [0.5, 0.6) is 0 Å². The van der Waals surface area contributed by atoms with Crippen LogP contribution in [0.3, 0.4) is 0 Å². The second-order valence-electron chi connectivity index (χ2n) is 12.3. The Labute approximate surface area is 245 Å². The number of carbonyl (C=O) groups excluding carboxylic acids is 2. The molecule has 41 heavy (non-hydrogen) atoms. The van der Waals surface area contributed by atoms with Crippen LogP contribution in [0.1, 0.15) is 122 Å². The topological polar surface area (TPSA) is 111 Å². The van der Waals surface area contributed by atoms with Gasteiger partial charge in [0.15, 0.2) is 0 Å². The van der Waals surface area contributed by atoms with Gasteiger partial charge in [-0.15, -0.1) is 0 Å². The van der Waals surface area contributed by atoms with Crippen molar-refractivity contribution >= 4 is 11.9 Å². The van der Waals surface area contributed by atoms with Gasteiger partial charge in [0.05, 0.1) is 5.54 Å². The highest BCUT2D eigenvalue weighted by Gasteiger charge is 2.48. The fourth-order valence-corrected chi connectivity index (χ4v) is 6.85. The van der Waals surface area contributed by atoms with E-state index >= 15 is 0 Å². The number of urea groups is 1. The minimum absolute atomic E-state index is 0.0850. The number of amides is 3. The summed E-state index contributed by atoms with van der Waals surface area (Å²) in [7, 11) is 0. The van der Waals surface area contributed by atoms with Crippen molar-refractivity contribution in [3.63, 3.8) is 0 Å². The highest BCUT2D eigenvalue weighted by atomic mass is 16.2. The Hall–Kier alpha value is -3.67. The summed E-state index contributed by atoms with van der Waals surface area (Å²) in [5.41, 5.74) is 16.9. The first-order chi connectivity index (χ1) is 19.6.